The van der Waals surface area contributed by atoms with Gasteiger partial charge in [0.25, 0.3) is 0 Å². The van der Waals surface area contributed by atoms with Crippen LogP contribution in [-0.4, -0.2) is 11.5 Å². The molecule has 0 bridgehead atoms. The second kappa shape index (κ2) is 7.93. The minimum absolute atomic E-state index is 0.0383. The van der Waals surface area contributed by atoms with Crippen molar-refractivity contribution >= 4 is 17.6 Å². The van der Waals surface area contributed by atoms with Crippen LogP contribution in [0.3, 0.4) is 0 Å². The Morgan fingerprint density at radius 2 is 1.77 bits per heavy atom. The highest BCUT2D eigenvalue weighted by molar-refractivity contribution is 6.06. The quantitative estimate of drug-likeness (QED) is 0.334. The van der Waals surface area contributed by atoms with Gasteiger partial charge < -0.3 is 4.84 Å². The van der Waals surface area contributed by atoms with E-state index in [1.165, 1.54) is 0 Å². The molecule has 0 heterocycles. The molecule has 0 aliphatic carbocycles. The molecule has 0 aliphatic heterocycles. The van der Waals surface area contributed by atoms with Crippen molar-refractivity contribution in [3.63, 3.8) is 0 Å². The van der Waals surface area contributed by atoms with Crippen molar-refractivity contribution in [2.24, 2.45) is 5.16 Å². The molecule has 0 saturated heterocycles. The number of ketones is 1. The molecule has 0 spiro atoms. The van der Waals surface area contributed by atoms with E-state index in [1.807, 2.05) is 50.3 Å². The van der Waals surface area contributed by atoms with Gasteiger partial charge in [-0.1, -0.05) is 48.5 Å². The zero-order valence-electron chi connectivity index (χ0n) is 12.8. The van der Waals surface area contributed by atoms with Gasteiger partial charge in [-0.3, -0.25) is 4.79 Å². The summed E-state index contributed by atoms with van der Waals surface area (Å²) in [6, 6.07) is 16.7. The normalized spacial score (nSPS) is 11.6. The summed E-state index contributed by atoms with van der Waals surface area (Å²) in [5, 5.41) is 3.98. The third-order valence-electron chi connectivity index (χ3n) is 3.18. The monoisotopic (exact) mass is 293 g/mol. The van der Waals surface area contributed by atoms with Crippen LogP contribution in [0.15, 0.2) is 65.8 Å². The van der Waals surface area contributed by atoms with Crippen LogP contribution < -0.4 is 4.84 Å². The molecule has 0 atom stereocenters. The number of hydrogen-bond donors (Lipinski definition) is 0. The van der Waals surface area contributed by atoms with Gasteiger partial charge in [0.05, 0.1) is 5.71 Å². The zero-order chi connectivity index (χ0) is 15.8. The molecule has 112 valence electrons. The molecule has 3 heteroatoms. The van der Waals surface area contributed by atoms with E-state index in [0.29, 0.717) is 11.3 Å². The van der Waals surface area contributed by atoms with Crippen LogP contribution in [-0.2, 0) is 0 Å². The van der Waals surface area contributed by atoms with E-state index in [0.717, 1.165) is 17.7 Å². The fourth-order valence-electron chi connectivity index (χ4n) is 1.71. The van der Waals surface area contributed by atoms with Crippen LogP contribution in [0, 0.1) is 0 Å². The van der Waals surface area contributed by atoms with Crippen molar-refractivity contribution in [3.05, 3.63) is 71.8 Å². The predicted octanol–water partition coefficient (Wildman–Crippen LogP) is 4.75. The molecule has 0 fully saturated rings. The lowest BCUT2D eigenvalue weighted by Gasteiger charge is -2.01. The van der Waals surface area contributed by atoms with E-state index < -0.39 is 0 Å². The van der Waals surface area contributed by atoms with E-state index in [-0.39, 0.29) is 5.78 Å². The van der Waals surface area contributed by atoms with Gasteiger partial charge in [-0.25, -0.2) is 0 Å². The molecular weight excluding hydrogens is 274 g/mol. The molecular formula is C19H19NO2. The van der Waals surface area contributed by atoms with Crippen molar-refractivity contribution < 1.29 is 9.63 Å². The fraction of sp³-hybridized carbons (Fsp3) is 0.158. The topological polar surface area (TPSA) is 38.7 Å². The standard InChI is InChI=1S/C19H19NO2/c1-3-15(2)20-22-18-12-10-17(11-13-18)19(21)14-9-16-7-5-4-6-8-16/h4-14H,3H2,1-2H3/b14-9+,20-15+. The van der Waals surface area contributed by atoms with Gasteiger partial charge >= 0.3 is 0 Å². The number of benzene rings is 2. The Labute approximate surface area is 130 Å². The van der Waals surface area contributed by atoms with E-state index in [1.54, 1.807) is 30.3 Å². The Morgan fingerprint density at radius 3 is 2.41 bits per heavy atom. The van der Waals surface area contributed by atoms with Crippen molar-refractivity contribution in [1.82, 2.24) is 0 Å². The van der Waals surface area contributed by atoms with Gasteiger partial charge in [0.15, 0.2) is 11.5 Å². The van der Waals surface area contributed by atoms with E-state index in [2.05, 4.69) is 5.16 Å². The summed E-state index contributed by atoms with van der Waals surface area (Å²) in [5.41, 5.74) is 2.54. The van der Waals surface area contributed by atoms with Crippen molar-refractivity contribution in [2.75, 3.05) is 0 Å². The summed E-state index contributed by atoms with van der Waals surface area (Å²) < 4.78 is 0. The molecule has 0 aliphatic rings. The first kappa shape index (κ1) is 15.7. The maximum absolute atomic E-state index is 12.1. The van der Waals surface area contributed by atoms with E-state index >= 15 is 0 Å². The van der Waals surface area contributed by atoms with E-state index in [4.69, 9.17) is 4.84 Å². The smallest absolute Gasteiger partial charge is 0.185 e. The lowest BCUT2D eigenvalue weighted by molar-refractivity contribution is 0.104. The van der Waals surface area contributed by atoms with Crippen LogP contribution >= 0.6 is 0 Å². The van der Waals surface area contributed by atoms with Crippen molar-refractivity contribution in [3.8, 4) is 5.75 Å². The summed E-state index contributed by atoms with van der Waals surface area (Å²) in [7, 11) is 0. The highest BCUT2D eigenvalue weighted by atomic mass is 16.6. The largest absolute Gasteiger partial charge is 0.357 e. The summed E-state index contributed by atoms with van der Waals surface area (Å²) in [5.74, 6) is 0.583. The number of carbonyl (C=O) groups is 1. The molecule has 0 amide bonds. The van der Waals surface area contributed by atoms with Crippen LogP contribution in [0.25, 0.3) is 6.08 Å². The molecule has 0 N–H and O–H groups in total. The fourth-order valence-corrected chi connectivity index (χ4v) is 1.71. The number of carbonyl (C=O) groups excluding carboxylic acids is 1. The average Bonchev–Trinajstić information content (AvgIpc) is 2.59. The maximum atomic E-state index is 12.1. The first-order valence-electron chi connectivity index (χ1n) is 7.27. The summed E-state index contributed by atoms with van der Waals surface area (Å²) in [6.45, 7) is 3.93. The van der Waals surface area contributed by atoms with Crippen molar-refractivity contribution in [1.29, 1.82) is 0 Å². The number of hydrogen-bond acceptors (Lipinski definition) is 3. The first-order valence-corrected chi connectivity index (χ1v) is 7.27. The molecule has 0 saturated carbocycles. The summed E-state index contributed by atoms with van der Waals surface area (Å²) >= 11 is 0. The number of nitrogens with zero attached hydrogens (tertiary/aromatic N) is 1. The van der Waals surface area contributed by atoms with E-state index in [9.17, 15) is 4.79 Å². The summed E-state index contributed by atoms with van der Waals surface area (Å²) in [4.78, 5) is 17.4. The van der Waals surface area contributed by atoms with Gasteiger partial charge in [0.2, 0.25) is 0 Å². The summed E-state index contributed by atoms with van der Waals surface area (Å²) in [6.07, 6.45) is 4.23. The highest BCUT2D eigenvalue weighted by Gasteiger charge is 2.02. The van der Waals surface area contributed by atoms with Gasteiger partial charge in [-0.05, 0) is 49.2 Å². The molecule has 22 heavy (non-hydrogen) atoms. The molecule has 2 aromatic rings. The Bertz CT molecular complexity index is 670. The minimum atomic E-state index is -0.0383. The number of oxime groups is 1. The molecule has 0 aromatic heterocycles. The van der Waals surface area contributed by atoms with Crippen LogP contribution in [0.1, 0.15) is 36.2 Å². The highest BCUT2D eigenvalue weighted by Crippen LogP contribution is 2.14. The lowest BCUT2D eigenvalue weighted by atomic mass is 10.1. The van der Waals surface area contributed by atoms with Gasteiger partial charge in [-0.2, -0.15) is 0 Å². The van der Waals surface area contributed by atoms with Crippen LogP contribution in [0.4, 0.5) is 0 Å². The molecule has 0 radical (unpaired) electrons. The second-order valence-corrected chi connectivity index (χ2v) is 4.90. The SMILES string of the molecule is CC/C(C)=N/Oc1ccc(C(=O)/C=C/c2ccccc2)cc1. The van der Waals surface area contributed by atoms with Crippen LogP contribution in [0.5, 0.6) is 5.75 Å². The average molecular weight is 293 g/mol. The first-order chi connectivity index (χ1) is 10.7. The second-order valence-electron chi connectivity index (χ2n) is 4.90. The third kappa shape index (κ3) is 4.70. The maximum Gasteiger partial charge on any atom is 0.185 e. The zero-order valence-corrected chi connectivity index (χ0v) is 12.8. The Kier molecular flexibility index (Phi) is 5.66. The predicted molar refractivity (Wildman–Crippen MR) is 90.3 cm³/mol. The van der Waals surface area contributed by atoms with Gasteiger partial charge in [-0.15, -0.1) is 0 Å². The van der Waals surface area contributed by atoms with Crippen LogP contribution in [0.2, 0.25) is 0 Å². The van der Waals surface area contributed by atoms with Gasteiger partial charge in [0, 0.05) is 5.56 Å². The Hall–Kier alpha value is -2.68. The lowest BCUT2D eigenvalue weighted by Crippen LogP contribution is -1.95. The van der Waals surface area contributed by atoms with Gasteiger partial charge in [0.1, 0.15) is 0 Å². The third-order valence-corrected chi connectivity index (χ3v) is 3.18. The number of allylic oxidation sites excluding steroid dienone is 1. The molecule has 2 aromatic carbocycles. The number of rotatable bonds is 6. The molecule has 2 rings (SSSR count). The molecule has 0 unspecified atom stereocenters. The Balaban J connectivity index is 2.01. The van der Waals surface area contributed by atoms with Crippen molar-refractivity contribution in [2.45, 2.75) is 20.3 Å². The minimum Gasteiger partial charge on any atom is -0.357 e. The molecule has 3 nitrogen and oxygen atoms in total. The Morgan fingerprint density at radius 1 is 1.09 bits per heavy atom.